The zero-order chi connectivity index (χ0) is 25.7. The third kappa shape index (κ3) is 6.37. The van der Waals surface area contributed by atoms with E-state index in [0.717, 1.165) is 11.1 Å². The lowest BCUT2D eigenvalue weighted by Crippen LogP contribution is -2.39. The van der Waals surface area contributed by atoms with Gasteiger partial charge in [-0.25, -0.2) is 9.18 Å². The molecule has 0 bridgehead atoms. The van der Waals surface area contributed by atoms with Gasteiger partial charge in [0.05, 0.1) is 16.8 Å². The third-order valence-corrected chi connectivity index (χ3v) is 6.93. The summed E-state index contributed by atoms with van der Waals surface area (Å²) in [5.74, 6) is 0.777. The first-order valence-electron chi connectivity index (χ1n) is 11.1. The molecule has 0 spiro atoms. The van der Waals surface area contributed by atoms with Crippen molar-refractivity contribution in [3.05, 3.63) is 106 Å². The minimum atomic E-state index is -0.498. The van der Waals surface area contributed by atoms with E-state index >= 15 is 0 Å². The molecule has 0 aliphatic rings. The maximum absolute atomic E-state index is 13.3. The normalized spacial score (nSPS) is 11.8. The van der Waals surface area contributed by atoms with E-state index in [1.165, 1.54) is 28.8 Å². The van der Waals surface area contributed by atoms with E-state index in [0.29, 0.717) is 38.9 Å². The van der Waals surface area contributed by atoms with E-state index in [2.05, 4.69) is 15.5 Å². The molecule has 3 aromatic carbocycles. The van der Waals surface area contributed by atoms with Gasteiger partial charge in [0.15, 0.2) is 11.0 Å². The fraction of sp³-hybridized carbons (Fsp3) is 0.192. The van der Waals surface area contributed by atoms with Gasteiger partial charge in [-0.1, -0.05) is 77.4 Å². The maximum atomic E-state index is 13.3. The molecule has 1 atom stereocenters. The number of nitrogens with one attached hydrogen (secondary N) is 1. The number of nitrogens with zero attached hydrogens (tertiary/aromatic N) is 4. The summed E-state index contributed by atoms with van der Waals surface area (Å²) < 4.78 is 15.2. The molecule has 0 aliphatic heterocycles. The molecule has 4 aromatic rings. The van der Waals surface area contributed by atoms with Crippen LogP contribution < -0.4 is 5.32 Å². The monoisotopic (exact) mass is 543 g/mol. The number of aromatic nitrogens is 3. The lowest BCUT2D eigenvalue weighted by Gasteiger charge is -2.22. The molecule has 6 nitrogen and oxygen atoms in total. The minimum Gasteiger partial charge on any atom is -0.331 e. The summed E-state index contributed by atoms with van der Waals surface area (Å²) in [6, 6.07) is 20.6. The highest BCUT2D eigenvalue weighted by atomic mass is 35.5. The standard InChI is InChI=1S/C26H24Cl2FN5OS/c1-33(2)25(35)30-22(14-17-6-4-3-5-7-17)24-31-32-26(36-16-18-8-11-20(29)12-9-18)34(24)23-13-10-19(27)15-21(23)28/h3-13,15,22H,14,16H2,1-2H3,(H,30,35). The van der Waals surface area contributed by atoms with E-state index in [1.807, 2.05) is 34.9 Å². The molecule has 1 heterocycles. The van der Waals surface area contributed by atoms with E-state index in [4.69, 9.17) is 23.2 Å². The number of amides is 2. The molecule has 0 saturated carbocycles. The van der Waals surface area contributed by atoms with E-state index < -0.39 is 6.04 Å². The first-order chi connectivity index (χ1) is 17.3. The molecular weight excluding hydrogens is 520 g/mol. The Labute approximate surface area is 223 Å². The summed E-state index contributed by atoms with van der Waals surface area (Å²) in [5, 5.41) is 13.5. The van der Waals surface area contributed by atoms with Gasteiger partial charge in [0.25, 0.3) is 0 Å². The fourth-order valence-electron chi connectivity index (χ4n) is 3.55. The maximum Gasteiger partial charge on any atom is 0.317 e. The highest BCUT2D eigenvalue weighted by Gasteiger charge is 2.26. The number of benzene rings is 3. The molecule has 10 heteroatoms. The number of carbonyl (C=O) groups excluding carboxylic acids is 1. The van der Waals surface area contributed by atoms with Crippen LogP contribution in [-0.4, -0.2) is 39.8 Å². The number of carbonyl (C=O) groups is 1. The van der Waals surface area contributed by atoms with Gasteiger partial charge in [-0.3, -0.25) is 4.57 Å². The van der Waals surface area contributed by atoms with E-state index in [-0.39, 0.29) is 11.8 Å². The van der Waals surface area contributed by atoms with Gasteiger partial charge < -0.3 is 10.2 Å². The van der Waals surface area contributed by atoms with Crippen LogP contribution in [0.5, 0.6) is 0 Å². The number of hydrogen-bond acceptors (Lipinski definition) is 4. The van der Waals surface area contributed by atoms with Crippen LogP contribution in [-0.2, 0) is 12.2 Å². The van der Waals surface area contributed by atoms with Gasteiger partial charge in [-0.05, 0) is 41.5 Å². The zero-order valence-electron chi connectivity index (χ0n) is 19.7. The van der Waals surface area contributed by atoms with Crippen LogP contribution in [0.2, 0.25) is 10.0 Å². The molecule has 0 aliphatic carbocycles. The van der Waals surface area contributed by atoms with Gasteiger partial charge in [0.2, 0.25) is 0 Å². The van der Waals surface area contributed by atoms with Crippen molar-refractivity contribution in [2.45, 2.75) is 23.4 Å². The number of hydrogen-bond donors (Lipinski definition) is 1. The van der Waals surface area contributed by atoms with Crippen LogP contribution in [0, 0.1) is 5.82 Å². The average molecular weight is 544 g/mol. The Kier molecular flexibility index (Phi) is 8.51. The molecule has 4 rings (SSSR count). The van der Waals surface area contributed by atoms with Crippen molar-refractivity contribution < 1.29 is 9.18 Å². The number of rotatable bonds is 8. The topological polar surface area (TPSA) is 63.1 Å². The molecule has 186 valence electrons. The number of thioether (sulfide) groups is 1. The third-order valence-electron chi connectivity index (χ3n) is 5.39. The fourth-order valence-corrected chi connectivity index (χ4v) is 4.95. The first-order valence-corrected chi connectivity index (χ1v) is 12.9. The Bertz CT molecular complexity index is 1330. The van der Waals surface area contributed by atoms with Crippen LogP contribution in [0.4, 0.5) is 9.18 Å². The molecule has 0 saturated heterocycles. The second-order valence-corrected chi connectivity index (χ2v) is 10.1. The average Bonchev–Trinajstić information content (AvgIpc) is 3.27. The molecule has 36 heavy (non-hydrogen) atoms. The summed E-state index contributed by atoms with van der Waals surface area (Å²) in [5.41, 5.74) is 2.60. The quantitative estimate of drug-likeness (QED) is 0.255. The summed E-state index contributed by atoms with van der Waals surface area (Å²) in [7, 11) is 3.36. The van der Waals surface area contributed by atoms with Gasteiger partial charge in [-0.2, -0.15) is 0 Å². The van der Waals surface area contributed by atoms with Gasteiger partial charge in [-0.15, -0.1) is 10.2 Å². The number of urea groups is 1. The molecule has 0 fully saturated rings. The van der Waals surface area contributed by atoms with Gasteiger partial charge in [0.1, 0.15) is 5.82 Å². The summed E-state index contributed by atoms with van der Waals surface area (Å²) in [6.45, 7) is 0. The van der Waals surface area contributed by atoms with Crippen molar-refractivity contribution in [1.29, 1.82) is 0 Å². The van der Waals surface area contributed by atoms with E-state index in [9.17, 15) is 9.18 Å². The Hall–Kier alpha value is -3.07. The molecule has 1 N–H and O–H groups in total. The van der Waals surface area contributed by atoms with Crippen LogP contribution >= 0.6 is 35.0 Å². The van der Waals surface area contributed by atoms with Gasteiger partial charge >= 0.3 is 6.03 Å². The van der Waals surface area contributed by atoms with E-state index in [1.54, 1.807) is 44.4 Å². The van der Waals surface area contributed by atoms with Crippen LogP contribution in [0.25, 0.3) is 5.69 Å². The zero-order valence-corrected chi connectivity index (χ0v) is 22.0. The highest BCUT2D eigenvalue weighted by molar-refractivity contribution is 7.98. The van der Waals surface area contributed by atoms with Crippen molar-refractivity contribution >= 4 is 41.0 Å². The SMILES string of the molecule is CN(C)C(=O)NC(Cc1ccccc1)c1nnc(SCc2ccc(F)cc2)n1-c1ccc(Cl)cc1Cl. The predicted molar refractivity (Wildman–Crippen MR) is 142 cm³/mol. The van der Waals surface area contributed by atoms with Crippen molar-refractivity contribution in [1.82, 2.24) is 25.0 Å². The van der Waals surface area contributed by atoms with Crippen molar-refractivity contribution in [3.8, 4) is 5.69 Å². The first kappa shape index (κ1) is 26.0. The largest absolute Gasteiger partial charge is 0.331 e. The van der Waals surface area contributed by atoms with Crippen LogP contribution in [0.15, 0.2) is 78.0 Å². The second-order valence-electron chi connectivity index (χ2n) is 8.27. The lowest BCUT2D eigenvalue weighted by atomic mass is 10.1. The Balaban J connectivity index is 1.77. The molecule has 2 amide bonds. The Morgan fingerprint density at radius 2 is 1.75 bits per heavy atom. The van der Waals surface area contributed by atoms with Crippen molar-refractivity contribution in [2.24, 2.45) is 0 Å². The Morgan fingerprint density at radius 3 is 2.42 bits per heavy atom. The van der Waals surface area contributed by atoms with Crippen LogP contribution in [0.3, 0.4) is 0 Å². The summed E-state index contributed by atoms with van der Waals surface area (Å²) in [4.78, 5) is 14.2. The van der Waals surface area contributed by atoms with Gasteiger partial charge in [0, 0.05) is 31.3 Å². The molecule has 0 radical (unpaired) electrons. The van der Waals surface area contributed by atoms with Crippen LogP contribution in [0.1, 0.15) is 23.0 Å². The summed E-state index contributed by atoms with van der Waals surface area (Å²) >= 11 is 14.2. The van der Waals surface area contributed by atoms with Crippen molar-refractivity contribution in [3.63, 3.8) is 0 Å². The predicted octanol–water partition coefficient (Wildman–Crippen LogP) is 6.56. The summed E-state index contributed by atoms with van der Waals surface area (Å²) in [6.07, 6.45) is 0.492. The smallest absolute Gasteiger partial charge is 0.317 e. The second kappa shape index (κ2) is 11.8. The molecule has 1 aromatic heterocycles. The number of halogens is 3. The van der Waals surface area contributed by atoms with Crippen molar-refractivity contribution in [2.75, 3.05) is 14.1 Å². The minimum absolute atomic E-state index is 0.256. The highest BCUT2D eigenvalue weighted by Crippen LogP contribution is 2.33. The lowest BCUT2D eigenvalue weighted by molar-refractivity contribution is 0.212. The Morgan fingerprint density at radius 1 is 1.03 bits per heavy atom. The molecular formula is C26H24Cl2FN5OS. The molecule has 1 unspecified atom stereocenters.